The van der Waals surface area contributed by atoms with Crippen LogP contribution < -0.4 is 15.1 Å². The van der Waals surface area contributed by atoms with Crippen LogP contribution in [0, 0.1) is 0 Å². The molecule has 1 aliphatic heterocycles. The number of phenols is 1. The SMILES string of the molecule is CC(C)Nc1cccnc1N1CCN(c2cc3cc(O)ccc3[nH]2)C(C=O)C1. The summed E-state index contributed by atoms with van der Waals surface area (Å²) in [7, 11) is 0. The number of rotatable bonds is 5. The first kappa shape index (κ1) is 18.2. The summed E-state index contributed by atoms with van der Waals surface area (Å²) in [6.07, 6.45) is 2.78. The van der Waals surface area contributed by atoms with Crippen LogP contribution in [-0.2, 0) is 4.79 Å². The topological polar surface area (TPSA) is 84.5 Å². The maximum absolute atomic E-state index is 11.9. The number of aromatic amines is 1. The number of pyridine rings is 1. The third-order valence-electron chi connectivity index (χ3n) is 5.01. The number of piperazine rings is 1. The summed E-state index contributed by atoms with van der Waals surface area (Å²) in [6.45, 7) is 6.20. The molecule has 0 spiro atoms. The van der Waals surface area contributed by atoms with Gasteiger partial charge in [0.25, 0.3) is 0 Å². The van der Waals surface area contributed by atoms with Gasteiger partial charge in [-0.2, -0.15) is 0 Å². The quantitative estimate of drug-likeness (QED) is 0.591. The zero-order valence-electron chi connectivity index (χ0n) is 16.1. The maximum atomic E-state index is 11.9. The van der Waals surface area contributed by atoms with E-state index < -0.39 is 0 Å². The predicted octanol–water partition coefficient (Wildman–Crippen LogP) is 2.98. The second kappa shape index (κ2) is 7.42. The van der Waals surface area contributed by atoms with Crippen LogP contribution in [0.1, 0.15) is 13.8 Å². The average Bonchev–Trinajstić information content (AvgIpc) is 3.10. The minimum atomic E-state index is -0.288. The van der Waals surface area contributed by atoms with Crippen molar-refractivity contribution in [2.45, 2.75) is 25.9 Å². The molecule has 7 nitrogen and oxygen atoms in total. The molecule has 0 aliphatic carbocycles. The van der Waals surface area contributed by atoms with Crippen LogP contribution in [0.5, 0.6) is 5.75 Å². The number of hydrogen-bond donors (Lipinski definition) is 3. The van der Waals surface area contributed by atoms with E-state index in [0.717, 1.165) is 41.1 Å². The molecule has 4 rings (SSSR count). The molecule has 28 heavy (non-hydrogen) atoms. The summed E-state index contributed by atoms with van der Waals surface area (Å²) in [6, 6.07) is 11.2. The first-order chi connectivity index (χ1) is 13.5. The Labute approximate surface area is 164 Å². The maximum Gasteiger partial charge on any atom is 0.152 e. The Morgan fingerprint density at radius 2 is 2.14 bits per heavy atom. The Morgan fingerprint density at radius 1 is 1.29 bits per heavy atom. The van der Waals surface area contributed by atoms with Crippen LogP contribution in [-0.4, -0.2) is 53.1 Å². The van der Waals surface area contributed by atoms with E-state index in [1.165, 1.54) is 0 Å². The Balaban J connectivity index is 1.58. The standard InChI is InChI=1S/C21H25N5O2/c1-14(2)23-19-4-3-7-22-21(19)25-8-9-26(16(12-25)13-27)20-11-15-10-17(28)5-6-18(15)24-20/h3-7,10-11,13-14,16,23-24,28H,8-9,12H2,1-2H3. The number of fused-ring (bicyclic) bond motifs is 1. The largest absolute Gasteiger partial charge is 0.508 e. The van der Waals surface area contributed by atoms with Gasteiger partial charge in [-0.05, 0) is 50.2 Å². The highest BCUT2D eigenvalue weighted by Crippen LogP contribution is 2.30. The highest BCUT2D eigenvalue weighted by atomic mass is 16.3. The van der Waals surface area contributed by atoms with Gasteiger partial charge in [-0.1, -0.05) is 0 Å². The molecule has 146 valence electrons. The molecule has 0 saturated carbocycles. The molecule has 3 heterocycles. The van der Waals surface area contributed by atoms with Gasteiger partial charge in [-0.15, -0.1) is 0 Å². The number of aromatic nitrogens is 2. The van der Waals surface area contributed by atoms with E-state index in [1.807, 2.05) is 24.3 Å². The molecule has 1 aliphatic rings. The van der Waals surface area contributed by atoms with Crippen LogP contribution in [0.25, 0.3) is 10.9 Å². The number of carbonyl (C=O) groups excluding carboxylic acids is 1. The average molecular weight is 379 g/mol. The number of H-pyrrole nitrogens is 1. The Kier molecular flexibility index (Phi) is 4.81. The minimum Gasteiger partial charge on any atom is -0.508 e. The molecule has 0 radical (unpaired) electrons. The number of anilines is 3. The Morgan fingerprint density at radius 3 is 2.93 bits per heavy atom. The fourth-order valence-corrected chi connectivity index (χ4v) is 3.75. The van der Waals surface area contributed by atoms with Gasteiger partial charge in [0.15, 0.2) is 5.82 Å². The van der Waals surface area contributed by atoms with Crippen LogP contribution in [0.3, 0.4) is 0 Å². The van der Waals surface area contributed by atoms with Gasteiger partial charge in [-0.25, -0.2) is 4.98 Å². The highest BCUT2D eigenvalue weighted by Gasteiger charge is 2.29. The van der Waals surface area contributed by atoms with Crippen LogP contribution in [0.2, 0.25) is 0 Å². The summed E-state index contributed by atoms with van der Waals surface area (Å²) >= 11 is 0. The van der Waals surface area contributed by atoms with Gasteiger partial charge in [0.05, 0.1) is 5.69 Å². The van der Waals surface area contributed by atoms with Gasteiger partial charge in [-0.3, -0.25) is 0 Å². The van der Waals surface area contributed by atoms with Crippen molar-refractivity contribution >= 4 is 34.5 Å². The van der Waals surface area contributed by atoms with E-state index in [-0.39, 0.29) is 11.8 Å². The van der Waals surface area contributed by atoms with Gasteiger partial charge < -0.3 is 30.0 Å². The summed E-state index contributed by atoms with van der Waals surface area (Å²) < 4.78 is 0. The van der Waals surface area contributed by atoms with Crippen LogP contribution >= 0.6 is 0 Å². The fourth-order valence-electron chi connectivity index (χ4n) is 3.75. The molecule has 2 aromatic heterocycles. The van der Waals surface area contributed by atoms with Crippen LogP contribution in [0.4, 0.5) is 17.3 Å². The monoisotopic (exact) mass is 379 g/mol. The first-order valence-electron chi connectivity index (χ1n) is 9.55. The number of carbonyl (C=O) groups is 1. The predicted molar refractivity (Wildman–Crippen MR) is 112 cm³/mol. The van der Waals surface area contributed by atoms with Crippen molar-refractivity contribution in [3.05, 3.63) is 42.6 Å². The molecule has 1 fully saturated rings. The Hall–Kier alpha value is -3.22. The third kappa shape index (κ3) is 3.47. The number of aromatic hydroxyl groups is 1. The van der Waals surface area contributed by atoms with E-state index in [4.69, 9.17) is 0 Å². The van der Waals surface area contributed by atoms with Crippen molar-refractivity contribution < 1.29 is 9.90 Å². The second-order valence-corrected chi connectivity index (χ2v) is 7.44. The molecule has 0 bridgehead atoms. The Bertz CT molecular complexity index is 984. The summed E-state index contributed by atoms with van der Waals surface area (Å²) in [5, 5.41) is 14.1. The van der Waals surface area contributed by atoms with Crippen molar-refractivity contribution in [2.75, 3.05) is 34.8 Å². The highest BCUT2D eigenvalue weighted by molar-refractivity contribution is 5.86. The summed E-state index contributed by atoms with van der Waals surface area (Å²) in [5.74, 6) is 2.00. The molecule has 1 unspecified atom stereocenters. The van der Waals surface area contributed by atoms with E-state index in [0.29, 0.717) is 19.1 Å². The number of phenolic OH excluding ortho intramolecular Hbond substituents is 1. The van der Waals surface area contributed by atoms with Crippen molar-refractivity contribution in [3.63, 3.8) is 0 Å². The number of nitrogens with one attached hydrogen (secondary N) is 2. The molecule has 3 N–H and O–H groups in total. The summed E-state index contributed by atoms with van der Waals surface area (Å²) in [5.41, 5.74) is 1.92. The molecular weight excluding hydrogens is 354 g/mol. The van der Waals surface area contributed by atoms with E-state index >= 15 is 0 Å². The van der Waals surface area contributed by atoms with Gasteiger partial charge in [0.2, 0.25) is 0 Å². The zero-order chi connectivity index (χ0) is 19.7. The molecule has 0 amide bonds. The lowest BCUT2D eigenvalue weighted by Gasteiger charge is -2.40. The lowest BCUT2D eigenvalue weighted by molar-refractivity contribution is -0.109. The van der Waals surface area contributed by atoms with Crippen LogP contribution in [0.15, 0.2) is 42.6 Å². The van der Waals surface area contributed by atoms with E-state index in [2.05, 4.69) is 38.9 Å². The molecule has 1 aromatic carbocycles. The second-order valence-electron chi connectivity index (χ2n) is 7.44. The molecule has 1 saturated heterocycles. The number of benzene rings is 1. The number of aldehydes is 1. The minimum absolute atomic E-state index is 0.232. The fraction of sp³-hybridized carbons (Fsp3) is 0.333. The zero-order valence-corrected chi connectivity index (χ0v) is 16.1. The van der Waals surface area contributed by atoms with Gasteiger partial charge >= 0.3 is 0 Å². The van der Waals surface area contributed by atoms with E-state index in [1.54, 1.807) is 18.3 Å². The number of hydrogen-bond acceptors (Lipinski definition) is 6. The molecular formula is C21H25N5O2. The first-order valence-corrected chi connectivity index (χ1v) is 9.55. The smallest absolute Gasteiger partial charge is 0.152 e. The summed E-state index contributed by atoms with van der Waals surface area (Å²) in [4.78, 5) is 24.1. The molecule has 7 heteroatoms. The van der Waals surface area contributed by atoms with Crippen molar-refractivity contribution in [1.82, 2.24) is 9.97 Å². The third-order valence-corrected chi connectivity index (χ3v) is 5.01. The normalized spacial score (nSPS) is 17.3. The van der Waals surface area contributed by atoms with Crippen molar-refractivity contribution in [2.24, 2.45) is 0 Å². The van der Waals surface area contributed by atoms with Gasteiger partial charge in [0, 0.05) is 42.8 Å². The van der Waals surface area contributed by atoms with E-state index in [9.17, 15) is 9.90 Å². The lowest BCUT2D eigenvalue weighted by Crippen LogP contribution is -2.54. The molecule has 1 atom stereocenters. The van der Waals surface area contributed by atoms with Crippen molar-refractivity contribution in [1.29, 1.82) is 0 Å². The lowest BCUT2D eigenvalue weighted by atomic mass is 10.1. The number of nitrogens with zero attached hydrogens (tertiary/aromatic N) is 3. The van der Waals surface area contributed by atoms with Crippen molar-refractivity contribution in [3.8, 4) is 5.75 Å². The molecule has 3 aromatic rings. The van der Waals surface area contributed by atoms with Gasteiger partial charge in [0.1, 0.15) is 23.9 Å².